The lowest BCUT2D eigenvalue weighted by Crippen LogP contribution is -2.37. The van der Waals surface area contributed by atoms with Gasteiger partial charge in [-0.2, -0.15) is 0 Å². The predicted octanol–water partition coefficient (Wildman–Crippen LogP) is 2.14. The molecular formula is C20H22N2O5S. The molecule has 1 fully saturated rings. The van der Waals surface area contributed by atoms with Gasteiger partial charge in [0.15, 0.2) is 0 Å². The van der Waals surface area contributed by atoms with Crippen molar-refractivity contribution in [3.05, 3.63) is 54.1 Å². The zero-order valence-corrected chi connectivity index (χ0v) is 16.5. The summed E-state index contributed by atoms with van der Waals surface area (Å²) < 4.78 is 36.9. The van der Waals surface area contributed by atoms with E-state index < -0.39 is 21.5 Å². The SMILES string of the molecule is COc1cccc(NC(=O)C2CC3(CO2)CN(S(C)(=O)=O)c2ccccc23)c1. The number of sulfonamides is 1. The third kappa shape index (κ3) is 3.22. The Kier molecular flexibility index (Phi) is 4.55. The van der Waals surface area contributed by atoms with E-state index in [-0.39, 0.29) is 12.5 Å². The van der Waals surface area contributed by atoms with Gasteiger partial charge in [0.05, 0.1) is 25.7 Å². The van der Waals surface area contributed by atoms with Crippen molar-refractivity contribution in [2.24, 2.45) is 0 Å². The third-order valence-electron chi connectivity index (χ3n) is 5.36. The molecule has 0 aromatic heterocycles. The van der Waals surface area contributed by atoms with Crippen molar-refractivity contribution in [1.29, 1.82) is 0 Å². The summed E-state index contributed by atoms with van der Waals surface area (Å²) in [6, 6.07) is 14.5. The van der Waals surface area contributed by atoms with Crippen LogP contribution in [-0.2, 0) is 25.0 Å². The number of fused-ring (bicyclic) bond motifs is 2. The lowest BCUT2D eigenvalue weighted by molar-refractivity contribution is -0.124. The molecule has 0 saturated carbocycles. The van der Waals surface area contributed by atoms with Crippen molar-refractivity contribution < 1.29 is 22.7 Å². The molecule has 148 valence electrons. The van der Waals surface area contributed by atoms with E-state index in [4.69, 9.17) is 9.47 Å². The van der Waals surface area contributed by atoms with Crippen LogP contribution < -0.4 is 14.4 Å². The van der Waals surface area contributed by atoms with E-state index in [1.807, 2.05) is 18.2 Å². The summed E-state index contributed by atoms with van der Waals surface area (Å²) in [5.74, 6) is 0.399. The van der Waals surface area contributed by atoms with E-state index in [0.717, 1.165) is 5.56 Å². The smallest absolute Gasteiger partial charge is 0.253 e. The van der Waals surface area contributed by atoms with Gasteiger partial charge < -0.3 is 14.8 Å². The van der Waals surface area contributed by atoms with E-state index in [1.165, 1.54) is 10.6 Å². The Bertz CT molecular complexity index is 1020. The van der Waals surface area contributed by atoms with Crippen LogP contribution in [-0.4, -0.2) is 46.9 Å². The normalized spacial score (nSPS) is 23.6. The summed E-state index contributed by atoms with van der Waals surface area (Å²) >= 11 is 0. The molecule has 0 aliphatic carbocycles. The van der Waals surface area contributed by atoms with Crippen molar-refractivity contribution in [1.82, 2.24) is 0 Å². The molecule has 1 saturated heterocycles. The highest BCUT2D eigenvalue weighted by Gasteiger charge is 2.52. The number of ether oxygens (including phenoxy) is 2. The van der Waals surface area contributed by atoms with Crippen LogP contribution in [0.4, 0.5) is 11.4 Å². The molecule has 1 spiro atoms. The van der Waals surface area contributed by atoms with Gasteiger partial charge in [-0.05, 0) is 30.2 Å². The molecule has 2 heterocycles. The number of nitrogens with zero attached hydrogens (tertiary/aromatic N) is 1. The standard InChI is InChI=1S/C20H22N2O5S/c1-26-15-7-5-6-14(10-15)21-19(23)18-11-20(13-27-18)12-22(28(2,24)25)17-9-4-3-8-16(17)20/h3-10,18H,11-13H2,1-2H3,(H,21,23). The molecule has 2 atom stereocenters. The van der Waals surface area contributed by atoms with Gasteiger partial charge in [-0.3, -0.25) is 9.10 Å². The molecule has 2 aromatic carbocycles. The maximum atomic E-state index is 12.7. The largest absolute Gasteiger partial charge is 0.497 e. The molecule has 2 aromatic rings. The average molecular weight is 402 g/mol. The van der Waals surface area contributed by atoms with Crippen LogP contribution in [0.15, 0.2) is 48.5 Å². The van der Waals surface area contributed by atoms with Crippen LogP contribution in [0.5, 0.6) is 5.75 Å². The van der Waals surface area contributed by atoms with Crippen LogP contribution in [0.3, 0.4) is 0 Å². The van der Waals surface area contributed by atoms with Gasteiger partial charge >= 0.3 is 0 Å². The number of hydrogen-bond donors (Lipinski definition) is 1. The van der Waals surface area contributed by atoms with Gasteiger partial charge in [0.25, 0.3) is 5.91 Å². The van der Waals surface area contributed by atoms with Gasteiger partial charge in [0.2, 0.25) is 10.0 Å². The number of carbonyl (C=O) groups excluding carboxylic acids is 1. The highest BCUT2D eigenvalue weighted by atomic mass is 32.2. The van der Waals surface area contributed by atoms with Crippen molar-refractivity contribution in [2.45, 2.75) is 17.9 Å². The summed E-state index contributed by atoms with van der Waals surface area (Å²) in [5, 5.41) is 2.85. The van der Waals surface area contributed by atoms with Crippen LogP contribution in [0.1, 0.15) is 12.0 Å². The van der Waals surface area contributed by atoms with Gasteiger partial charge in [0.1, 0.15) is 11.9 Å². The number of carbonyl (C=O) groups is 1. The van der Waals surface area contributed by atoms with E-state index >= 15 is 0 Å². The molecule has 2 unspecified atom stereocenters. The summed E-state index contributed by atoms with van der Waals surface area (Å²) in [6.07, 6.45) is 0.969. The van der Waals surface area contributed by atoms with Gasteiger partial charge in [-0.25, -0.2) is 8.42 Å². The van der Waals surface area contributed by atoms with Crippen LogP contribution in [0.25, 0.3) is 0 Å². The minimum Gasteiger partial charge on any atom is -0.497 e. The Morgan fingerprint density at radius 1 is 1.25 bits per heavy atom. The van der Waals surface area contributed by atoms with Crippen LogP contribution >= 0.6 is 0 Å². The van der Waals surface area contributed by atoms with E-state index in [1.54, 1.807) is 37.4 Å². The van der Waals surface area contributed by atoms with E-state index in [0.29, 0.717) is 30.2 Å². The minimum absolute atomic E-state index is 0.250. The van der Waals surface area contributed by atoms with Crippen molar-refractivity contribution in [3.63, 3.8) is 0 Å². The Labute approximate surface area is 164 Å². The Morgan fingerprint density at radius 3 is 2.79 bits per heavy atom. The first-order valence-corrected chi connectivity index (χ1v) is 10.8. The summed E-state index contributed by atoms with van der Waals surface area (Å²) in [5.41, 5.74) is 1.69. The molecule has 7 nitrogen and oxygen atoms in total. The maximum absolute atomic E-state index is 12.7. The van der Waals surface area contributed by atoms with Crippen LogP contribution in [0.2, 0.25) is 0 Å². The Morgan fingerprint density at radius 2 is 2.04 bits per heavy atom. The van der Waals surface area contributed by atoms with Gasteiger partial charge in [0, 0.05) is 23.7 Å². The van der Waals surface area contributed by atoms with Crippen molar-refractivity contribution in [3.8, 4) is 5.75 Å². The summed E-state index contributed by atoms with van der Waals surface area (Å²) in [7, 11) is -1.84. The second-order valence-corrected chi connectivity index (χ2v) is 9.20. The lowest BCUT2D eigenvalue weighted by atomic mass is 9.80. The fraction of sp³-hybridized carbons (Fsp3) is 0.350. The first-order chi connectivity index (χ1) is 13.3. The quantitative estimate of drug-likeness (QED) is 0.847. The number of rotatable bonds is 4. The van der Waals surface area contributed by atoms with E-state index in [9.17, 15) is 13.2 Å². The molecule has 0 bridgehead atoms. The molecule has 2 aliphatic heterocycles. The third-order valence-corrected chi connectivity index (χ3v) is 6.48. The predicted molar refractivity (Wildman–Crippen MR) is 106 cm³/mol. The molecule has 4 rings (SSSR count). The second kappa shape index (κ2) is 6.79. The van der Waals surface area contributed by atoms with Crippen molar-refractivity contribution >= 4 is 27.3 Å². The maximum Gasteiger partial charge on any atom is 0.253 e. The second-order valence-electron chi connectivity index (χ2n) is 7.29. The average Bonchev–Trinajstić information content (AvgIpc) is 3.25. The topological polar surface area (TPSA) is 84.9 Å². The molecule has 8 heteroatoms. The fourth-order valence-electron chi connectivity index (χ4n) is 4.00. The molecule has 0 radical (unpaired) electrons. The van der Waals surface area contributed by atoms with Crippen molar-refractivity contribution in [2.75, 3.05) is 36.1 Å². The minimum atomic E-state index is -3.41. The highest BCUT2D eigenvalue weighted by molar-refractivity contribution is 7.92. The molecule has 2 aliphatic rings. The molecule has 28 heavy (non-hydrogen) atoms. The van der Waals surface area contributed by atoms with Gasteiger partial charge in [-0.1, -0.05) is 24.3 Å². The number of anilines is 2. The monoisotopic (exact) mass is 402 g/mol. The zero-order valence-electron chi connectivity index (χ0n) is 15.7. The Balaban J connectivity index is 1.56. The molecular weight excluding hydrogens is 380 g/mol. The number of benzene rings is 2. The zero-order chi connectivity index (χ0) is 19.9. The van der Waals surface area contributed by atoms with E-state index in [2.05, 4.69) is 5.32 Å². The molecule has 1 amide bonds. The number of methoxy groups -OCH3 is 1. The molecule has 1 N–H and O–H groups in total. The fourth-order valence-corrected chi connectivity index (χ4v) is 5.00. The first kappa shape index (κ1) is 18.8. The van der Waals surface area contributed by atoms with Gasteiger partial charge in [-0.15, -0.1) is 0 Å². The first-order valence-electron chi connectivity index (χ1n) is 8.96. The number of amides is 1. The number of hydrogen-bond acceptors (Lipinski definition) is 5. The summed E-state index contributed by atoms with van der Waals surface area (Å²) in [6.45, 7) is 0.584. The lowest BCUT2D eigenvalue weighted by Gasteiger charge is -2.23. The van der Waals surface area contributed by atoms with Crippen LogP contribution in [0, 0.1) is 0 Å². The number of nitrogens with one attached hydrogen (secondary N) is 1. The Hall–Kier alpha value is -2.58. The highest BCUT2D eigenvalue weighted by Crippen LogP contribution is 2.48. The number of para-hydroxylation sites is 1. The summed E-state index contributed by atoms with van der Waals surface area (Å²) in [4.78, 5) is 12.7.